The second kappa shape index (κ2) is 4.43. The second-order valence-corrected chi connectivity index (χ2v) is 4.11. The highest BCUT2D eigenvalue weighted by atomic mass is 16.5. The summed E-state index contributed by atoms with van der Waals surface area (Å²) in [5.41, 5.74) is 6.10. The molecule has 0 radical (unpaired) electrons. The van der Waals surface area contributed by atoms with E-state index in [-0.39, 0.29) is 11.9 Å². The Labute approximate surface area is 89.9 Å². The van der Waals surface area contributed by atoms with Crippen LogP contribution in [0.15, 0.2) is 18.2 Å². The van der Waals surface area contributed by atoms with Gasteiger partial charge >= 0.3 is 0 Å². The summed E-state index contributed by atoms with van der Waals surface area (Å²) in [4.78, 5) is 0. The average Bonchev–Trinajstić information content (AvgIpc) is 2.24. The number of aromatic hydroxyl groups is 1. The fourth-order valence-electron chi connectivity index (χ4n) is 2.00. The zero-order chi connectivity index (χ0) is 10.7. The lowest BCUT2D eigenvalue weighted by Gasteiger charge is -2.23. The van der Waals surface area contributed by atoms with E-state index < -0.39 is 0 Å². The van der Waals surface area contributed by atoms with Gasteiger partial charge in [-0.3, -0.25) is 0 Å². The van der Waals surface area contributed by atoms with Crippen LogP contribution in [0.5, 0.6) is 11.5 Å². The number of rotatable bonds is 2. The molecule has 1 aliphatic rings. The van der Waals surface area contributed by atoms with Crippen LogP contribution in [0.1, 0.15) is 32.1 Å². The van der Waals surface area contributed by atoms with E-state index in [1.54, 1.807) is 12.1 Å². The van der Waals surface area contributed by atoms with Gasteiger partial charge in [0.1, 0.15) is 0 Å². The Balaban J connectivity index is 2.03. The molecule has 0 heterocycles. The van der Waals surface area contributed by atoms with Crippen LogP contribution in [0.2, 0.25) is 0 Å². The molecule has 0 amide bonds. The number of hydrogen-bond acceptors (Lipinski definition) is 3. The van der Waals surface area contributed by atoms with Gasteiger partial charge in [-0.05, 0) is 37.8 Å². The third kappa shape index (κ3) is 2.55. The van der Waals surface area contributed by atoms with Crippen LogP contribution < -0.4 is 10.5 Å². The quantitative estimate of drug-likeness (QED) is 0.733. The smallest absolute Gasteiger partial charge is 0.161 e. The molecule has 1 fully saturated rings. The summed E-state index contributed by atoms with van der Waals surface area (Å²) in [6.45, 7) is 0. The molecular weight excluding hydrogens is 190 g/mol. The Morgan fingerprint density at radius 1 is 1.20 bits per heavy atom. The molecule has 0 aliphatic heterocycles. The molecule has 0 atom stereocenters. The third-order valence-corrected chi connectivity index (χ3v) is 2.83. The van der Waals surface area contributed by atoms with Crippen LogP contribution in [0.4, 0.5) is 5.69 Å². The van der Waals surface area contributed by atoms with E-state index >= 15 is 0 Å². The number of nitrogens with two attached hydrogens (primary N) is 1. The van der Waals surface area contributed by atoms with E-state index in [1.165, 1.54) is 25.3 Å². The molecule has 1 aliphatic carbocycles. The van der Waals surface area contributed by atoms with Crippen molar-refractivity contribution in [3.63, 3.8) is 0 Å². The number of nitrogen functional groups attached to an aromatic ring is 1. The molecule has 0 spiro atoms. The molecular formula is C12H17NO2. The summed E-state index contributed by atoms with van der Waals surface area (Å²) in [5, 5.41) is 9.62. The predicted molar refractivity (Wildman–Crippen MR) is 60.0 cm³/mol. The van der Waals surface area contributed by atoms with Crippen molar-refractivity contribution in [2.24, 2.45) is 0 Å². The molecule has 3 N–H and O–H groups in total. The minimum atomic E-state index is 0.139. The largest absolute Gasteiger partial charge is 0.504 e. The molecule has 1 aromatic rings. The van der Waals surface area contributed by atoms with E-state index in [1.807, 2.05) is 0 Å². The summed E-state index contributed by atoms with van der Waals surface area (Å²) in [7, 11) is 0. The fourth-order valence-corrected chi connectivity index (χ4v) is 2.00. The molecule has 0 bridgehead atoms. The Bertz CT molecular complexity index is 332. The van der Waals surface area contributed by atoms with E-state index in [9.17, 15) is 5.11 Å². The van der Waals surface area contributed by atoms with Gasteiger partial charge in [-0.15, -0.1) is 0 Å². The Kier molecular flexibility index (Phi) is 2.99. The van der Waals surface area contributed by atoms with Crippen LogP contribution in [-0.4, -0.2) is 11.2 Å². The molecule has 2 rings (SSSR count). The number of anilines is 1. The van der Waals surface area contributed by atoms with Gasteiger partial charge in [0.15, 0.2) is 11.5 Å². The van der Waals surface area contributed by atoms with Crippen molar-refractivity contribution < 1.29 is 9.84 Å². The zero-order valence-corrected chi connectivity index (χ0v) is 8.78. The molecule has 15 heavy (non-hydrogen) atoms. The first-order valence-corrected chi connectivity index (χ1v) is 5.51. The van der Waals surface area contributed by atoms with Gasteiger partial charge in [0.2, 0.25) is 0 Å². The van der Waals surface area contributed by atoms with Crippen molar-refractivity contribution in [1.29, 1.82) is 0 Å². The Morgan fingerprint density at radius 3 is 2.60 bits per heavy atom. The lowest BCUT2D eigenvalue weighted by molar-refractivity contribution is 0.150. The first-order chi connectivity index (χ1) is 7.25. The lowest BCUT2D eigenvalue weighted by Crippen LogP contribution is -2.19. The maximum atomic E-state index is 9.62. The predicted octanol–water partition coefficient (Wildman–Crippen LogP) is 2.69. The van der Waals surface area contributed by atoms with Crippen LogP contribution in [0.3, 0.4) is 0 Å². The van der Waals surface area contributed by atoms with Gasteiger partial charge in [-0.25, -0.2) is 0 Å². The fraction of sp³-hybridized carbons (Fsp3) is 0.500. The van der Waals surface area contributed by atoms with Crippen LogP contribution >= 0.6 is 0 Å². The molecule has 3 heteroatoms. The standard InChI is InChI=1S/C12H17NO2/c13-9-6-7-12(11(14)8-9)15-10-4-2-1-3-5-10/h6-8,10,14H,1-5,13H2. The van der Waals surface area contributed by atoms with E-state index in [2.05, 4.69) is 0 Å². The van der Waals surface area contributed by atoms with E-state index in [0.29, 0.717) is 11.4 Å². The van der Waals surface area contributed by atoms with Crippen molar-refractivity contribution in [3.8, 4) is 11.5 Å². The van der Waals surface area contributed by atoms with Crippen LogP contribution in [0.25, 0.3) is 0 Å². The normalized spacial score (nSPS) is 17.6. The van der Waals surface area contributed by atoms with Crippen molar-refractivity contribution >= 4 is 5.69 Å². The Hall–Kier alpha value is -1.38. The topological polar surface area (TPSA) is 55.5 Å². The Morgan fingerprint density at radius 2 is 1.93 bits per heavy atom. The van der Waals surface area contributed by atoms with E-state index in [0.717, 1.165) is 12.8 Å². The number of ether oxygens (including phenoxy) is 1. The van der Waals surface area contributed by atoms with Gasteiger partial charge in [0.05, 0.1) is 6.10 Å². The monoisotopic (exact) mass is 207 g/mol. The number of phenols is 1. The van der Waals surface area contributed by atoms with Crippen molar-refractivity contribution in [2.45, 2.75) is 38.2 Å². The SMILES string of the molecule is Nc1ccc(OC2CCCCC2)c(O)c1. The number of benzene rings is 1. The van der Waals surface area contributed by atoms with Gasteiger partial charge in [0, 0.05) is 11.8 Å². The highest BCUT2D eigenvalue weighted by molar-refractivity contribution is 5.51. The number of phenolic OH excluding ortho intramolecular Hbond substituents is 1. The summed E-state index contributed by atoms with van der Waals surface area (Å²) < 4.78 is 5.74. The minimum absolute atomic E-state index is 0.139. The summed E-state index contributed by atoms with van der Waals surface area (Å²) >= 11 is 0. The van der Waals surface area contributed by atoms with Crippen molar-refractivity contribution in [1.82, 2.24) is 0 Å². The zero-order valence-electron chi connectivity index (χ0n) is 8.78. The van der Waals surface area contributed by atoms with E-state index in [4.69, 9.17) is 10.5 Å². The van der Waals surface area contributed by atoms with Gasteiger partial charge in [0.25, 0.3) is 0 Å². The van der Waals surface area contributed by atoms with Gasteiger partial charge < -0.3 is 15.6 Å². The first kappa shape index (κ1) is 10.1. The molecule has 0 saturated heterocycles. The third-order valence-electron chi connectivity index (χ3n) is 2.83. The molecule has 1 saturated carbocycles. The molecule has 1 aromatic carbocycles. The van der Waals surface area contributed by atoms with Crippen molar-refractivity contribution in [3.05, 3.63) is 18.2 Å². The maximum Gasteiger partial charge on any atom is 0.161 e. The van der Waals surface area contributed by atoms with Gasteiger partial charge in [-0.1, -0.05) is 6.42 Å². The highest BCUT2D eigenvalue weighted by Crippen LogP contribution is 2.31. The maximum absolute atomic E-state index is 9.62. The van der Waals surface area contributed by atoms with Crippen LogP contribution in [0, 0.1) is 0 Å². The second-order valence-electron chi connectivity index (χ2n) is 4.11. The molecule has 82 valence electrons. The first-order valence-electron chi connectivity index (χ1n) is 5.51. The lowest BCUT2D eigenvalue weighted by atomic mass is 9.98. The molecule has 0 aromatic heterocycles. The highest BCUT2D eigenvalue weighted by Gasteiger charge is 2.16. The van der Waals surface area contributed by atoms with Gasteiger partial charge in [-0.2, -0.15) is 0 Å². The number of hydrogen-bond donors (Lipinski definition) is 2. The average molecular weight is 207 g/mol. The van der Waals surface area contributed by atoms with Crippen LogP contribution in [-0.2, 0) is 0 Å². The summed E-state index contributed by atoms with van der Waals surface area (Å²) in [6.07, 6.45) is 6.18. The molecule has 0 unspecified atom stereocenters. The van der Waals surface area contributed by atoms with Crippen molar-refractivity contribution in [2.75, 3.05) is 5.73 Å². The summed E-state index contributed by atoms with van der Waals surface area (Å²) in [6, 6.07) is 5.01. The summed E-state index contributed by atoms with van der Waals surface area (Å²) in [5.74, 6) is 0.691. The minimum Gasteiger partial charge on any atom is -0.504 e. The molecule has 3 nitrogen and oxygen atoms in total.